The summed E-state index contributed by atoms with van der Waals surface area (Å²) in [6.45, 7) is 0.0868. The van der Waals surface area contributed by atoms with Gasteiger partial charge in [0, 0.05) is 7.11 Å². The molecule has 7 heavy (non-hydrogen) atoms. The van der Waals surface area contributed by atoms with Crippen LogP contribution in [0.3, 0.4) is 0 Å². The van der Waals surface area contributed by atoms with Gasteiger partial charge >= 0.3 is 0 Å². The minimum absolute atomic E-state index is 0.0868. The number of carbonyl (C=O) groups excluding carboxylic acids is 1. The van der Waals surface area contributed by atoms with Gasteiger partial charge in [0.25, 0.3) is 0 Å². The lowest BCUT2D eigenvalue weighted by atomic mass is 10.4. The predicted molar refractivity (Wildman–Crippen MR) is 23.9 cm³/mol. The topological polar surface area (TPSA) is 46.5 Å². The molecule has 0 spiro atoms. The van der Waals surface area contributed by atoms with E-state index >= 15 is 0 Å². The fraction of sp³-hybridized carbons (Fsp3) is 0.750. The minimum atomic E-state index is -0.954. The Hall–Kier alpha value is -0.410. The predicted octanol–water partition coefficient (Wildman–Crippen LogP) is -0.807. The molecule has 0 aliphatic rings. The first kappa shape index (κ1) is 6.59. The summed E-state index contributed by atoms with van der Waals surface area (Å²) in [7, 11) is 1.42. The number of aldehydes is 1. The molecule has 0 aromatic heterocycles. The van der Waals surface area contributed by atoms with E-state index in [0.717, 1.165) is 0 Å². The van der Waals surface area contributed by atoms with Gasteiger partial charge in [-0.3, -0.25) is 0 Å². The van der Waals surface area contributed by atoms with Crippen LogP contribution in [0, 0.1) is 0 Å². The lowest BCUT2D eigenvalue weighted by Gasteiger charge is -1.96. The van der Waals surface area contributed by atoms with E-state index in [9.17, 15) is 4.79 Å². The summed E-state index contributed by atoms with van der Waals surface area (Å²) < 4.78 is 4.41. The zero-order valence-electron chi connectivity index (χ0n) is 4.13. The summed E-state index contributed by atoms with van der Waals surface area (Å²) >= 11 is 0. The van der Waals surface area contributed by atoms with Crippen molar-refractivity contribution in [1.29, 1.82) is 0 Å². The van der Waals surface area contributed by atoms with Crippen LogP contribution >= 0.6 is 0 Å². The van der Waals surface area contributed by atoms with E-state index in [0.29, 0.717) is 6.29 Å². The van der Waals surface area contributed by atoms with Crippen LogP contribution in [0.2, 0.25) is 0 Å². The fourth-order valence-electron chi connectivity index (χ4n) is 0.210. The molecule has 1 atom stereocenters. The van der Waals surface area contributed by atoms with Gasteiger partial charge in [0.1, 0.15) is 6.10 Å². The summed E-state index contributed by atoms with van der Waals surface area (Å²) in [6, 6.07) is 0. The Labute approximate surface area is 41.9 Å². The summed E-state index contributed by atoms with van der Waals surface area (Å²) in [6.07, 6.45) is -0.520. The molecule has 0 saturated carbocycles. The highest BCUT2D eigenvalue weighted by Crippen LogP contribution is 1.73. The maximum atomic E-state index is 9.56. The Morgan fingerprint density at radius 3 is 2.71 bits per heavy atom. The average molecular weight is 104 g/mol. The second-order valence-electron chi connectivity index (χ2n) is 1.16. The SMILES string of the molecule is COC[C@H](O)C=O. The molecule has 0 aliphatic carbocycles. The monoisotopic (exact) mass is 104 g/mol. The van der Waals surface area contributed by atoms with Crippen molar-refractivity contribution in [3.05, 3.63) is 0 Å². The first-order chi connectivity index (χ1) is 3.31. The number of ether oxygens (including phenoxy) is 1. The molecule has 0 unspecified atom stereocenters. The first-order valence-corrected chi connectivity index (χ1v) is 1.93. The summed E-state index contributed by atoms with van der Waals surface area (Å²) in [4.78, 5) is 9.56. The van der Waals surface area contributed by atoms with Crippen LogP contribution in [-0.2, 0) is 9.53 Å². The number of hydrogen-bond acceptors (Lipinski definition) is 3. The van der Waals surface area contributed by atoms with Crippen LogP contribution < -0.4 is 0 Å². The maximum absolute atomic E-state index is 9.56. The van der Waals surface area contributed by atoms with Crippen LogP contribution in [0.4, 0.5) is 0 Å². The molecule has 0 aromatic rings. The van der Waals surface area contributed by atoms with Gasteiger partial charge in [0.15, 0.2) is 6.29 Å². The quantitative estimate of drug-likeness (QED) is 0.476. The zero-order chi connectivity index (χ0) is 5.70. The van der Waals surface area contributed by atoms with Gasteiger partial charge in [-0.1, -0.05) is 0 Å². The molecule has 3 nitrogen and oxygen atoms in total. The van der Waals surface area contributed by atoms with E-state index in [1.54, 1.807) is 0 Å². The standard InChI is InChI=1S/C4H8O3/c1-7-3-4(6)2-5/h2,4,6H,3H2,1H3/t4-/m1/s1. The van der Waals surface area contributed by atoms with Crippen molar-refractivity contribution in [2.24, 2.45) is 0 Å². The molecular formula is C4H8O3. The molecule has 0 fully saturated rings. The molecule has 0 radical (unpaired) electrons. The Morgan fingerprint density at radius 2 is 2.57 bits per heavy atom. The van der Waals surface area contributed by atoms with Crippen LogP contribution in [0.5, 0.6) is 0 Å². The number of aliphatic hydroxyl groups excluding tert-OH is 1. The third-order valence-electron chi connectivity index (χ3n) is 0.495. The van der Waals surface area contributed by atoms with Gasteiger partial charge in [-0.05, 0) is 0 Å². The van der Waals surface area contributed by atoms with Crippen molar-refractivity contribution in [1.82, 2.24) is 0 Å². The van der Waals surface area contributed by atoms with E-state index in [1.807, 2.05) is 0 Å². The number of rotatable bonds is 3. The molecule has 0 aromatic carbocycles. The second kappa shape index (κ2) is 3.77. The second-order valence-corrected chi connectivity index (χ2v) is 1.16. The molecule has 0 heterocycles. The zero-order valence-corrected chi connectivity index (χ0v) is 4.13. The van der Waals surface area contributed by atoms with Gasteiger partial charge < -0.3 is 14.6 Å². The Kier molecular flexibility index (Phi) is 3.55. The Morgan fingerprint density at radius 1 is 2.00 bits per heavy atom. The maximum Gasteiger partial charge on any atom is 0.150 e. The molecule has 42 valence electrons. The van der Waals surface area contributed by atoms with Crippen LogP contribution in [-0.4, -0.2) is 31.2 Å². The van der Waals surface area contributed by atoms with Crippen molar-refractivity contribution in [2.75, 3.05) is 13.7 Å². The Balaban J connectivity index is 2.98. The molecule has 0 aliphatic heterocycles. The molecule has 3 heteroatoms. The largest absolute Gasteiger partial charge is 0.383 e. The summed E-state index contributed by atoms with van der Waals surface area (Å²) in [5, 5.41) is 8.36. The number of carbonyl (C=O) groups is 1. The van der Waals surface area contributed by atoms with E-state index in [1.165, 1.54) is 7.11 Å². The normalized spacial score (nSPS) is 13.4. The number of aliphatic hydroxyl groups is 1. The van der Waals surface area contributed by atoms with Crippen LogP contribution in [0.1, 0.15) is 0 Å². The third kappa shape index (κ3) is 3.42. The van der Waals surface area contributed by atoms with E-state index in [4.69, 9.17) is 5.11 Å². The first-order valence-electron chi connectivity index (χ1n) is 1.93. The van der Waals surface area contributed by atoms with Gasteiger partial charge in [-0.2, -0.15) is 0 Å². The van der Waals surface area contributed by atoms with Crippen LogP contribution in [0.25, 0.3) is 0 Å². The fourth-order valence-corrected chi connectivity index (χ4v) is 0.210. The van der Waals surface area contributed by atoms with Crippen molar-refractivity contribution in [2.45, 2.75) is 6.10 Å². The highest BCUT2D eigenvalue weighted by atomic mass is 16.5. The summed E-state index contributed by atoms with van der Waals surface area (Å²) in [5.74, 6) is 0. The molecular weight excluding hydrogens is 96.0 g/mol. The number of methoxy groups -OCH3 is 1. The molecule has 1 N–H and O–H groups in total. The van der Waals surface area contributed by atoms with Crippen molar-refractivity contribution >= 4 is 6.29 Å². The number of hydrogen-bond donors (Lipinski definition) is 1. The molecule has 0 saturated heterocycles. The van der Waals surface area contributed by atoms with Crippen molar-refractivity contribution < 1.29 is 14.6 Å². The lowest BCUT2D eigenvalue weighted by molar-refractivity contribution is -0.117. The van der Waals surface area contributed by atoms with Gasteiger partial charge in [0.05, 0.1) is 6.61 Å². The van der Waals surface area contributed by atoms with Gasteiger partial charge in [0.2, 0.25) is 0 Å². The smallest absolute Gasteiger partial charge is 0.150 e. The molecule has 0 rings (SSSR count). The highest BCUT2D eigenvalue weighted by Gasteiger charge is 1.95. The molecule has 0 bridgehead atoms. The summed E-state index contributed by atoms with van der Waals surface area (Å²) in [5.41, 5.74) is 0. The van der Waals surface area contributed by atoms with Crippen molar-refractivity contribution in [3.63, 3.8) is 0 Å². The minimum Gasteiger partial charge on any atom is -0.383 e. The average Bonchev–Trinajstić information content (AvgIpc) is 1.68. The molecule has 0 amide bonds. The third-order valence-corrected chi connectivity index (χ3v) is 0.495. The Bertz CT molecular complexity index is 52.9. The van der Waals surface area contributed by atoms with E-state index in [-0.39, 0.29) is 6.61 Å². The van der Waals surface area contributed by atoms with E-state index in [2.05, 4.69) is 4.74 Å². The van der Waals surface area contributed by atoms with Crippen molar-refractivity contribution in [3.8, 4) is 0 Å². The lowest BCUT2D eigenvalue weighted by Crippen LogP contribution is -2.14. The van der Waals surface area contributed by atoms with Gasteiger partial charge in [-0.25, -0.2) is 0 Å². The van der Waals surface area contributed by atoms with Crippen LogP contribution in [0.15, 0.2) is 0 Å². The van der Waals surface area contributed by atoms with E-state index < -0.39 is 6.10 Å². The van der Waals surface area contributed by atoms with Gasteiger partial charge in [-0.15, -0.1) is 0 Å². The highest BCUT2D eigenvalue weighted by molar-refractivity contribution is 5.55.